The fourth-order valence-corrected chi connectivity index (χ4v) is 3.79. The Labute approximate surface area is 168 Å². The molecule has 2 aromatic rings. The maximum atomic E-state index is 10.4. The molecule has 0 bridgehead atoms. The van der Waals surface area contributed by atoms with Crippen LogP contribution in [0.1, 0.15) is 30.0 Å². The van der Waals surface area contributed by atoms with Crippen molar-refractivity contribution >= 4 is 0 Å². The van der Waals surface area contributed by atoms with Crippen LogP contribution in [0.3, 0.4) is 0 Å². The highest BCUT2D eigenvalue weighted by molar-refractivity contribution is 5.34. The van der Waals surface area contributed by atoms with Crippen LogP contribution in [0.2, 0.25) is 0 Å². The molecule has 150 valence electrons. The predicted octanol–water partition coefficient (Wildman–Crippen LogP) is 3.58. The molecule has 4 nitrogen and oxygen atoms in total. The van der Waals surface area contributed by atoms with Gasteiger partial charge in [-0.05, 0) is 49.5 Å². The van der Waals surface area contributed by atoms with Gasteiger partial charge in [-0.2, -0.15) is 0 Å². The molecule has 28 heavy (non-hydrogen) atoms. The topological polar surface area (TPSA) is 44.7 Å². The van der Waals surface area contributed by atoms with Gasteiger partial charge in [0.2, 0.25) is 0 Å². The summed E-state index contributed by atoms with van der Waals surface area (Å²) in [6.07, 6.45) is 4.61. The first-order chi connectivity index (χ1) is 13.8. The maximum Gasteiger partial charge on any atom is 0.122 e. The number of hydrogen-bond donors (Lipinski definition) is 2. The average molecular weight is 381 g/mol. The number of aliphatic hydroxyl groups excluding tert-OH is 1. The van der Waals surface area contributed by atoms with Crippen molar-refractivity contribution in [3.8, 4) is 5.75 Å². The molecule has 2 unspecified atom stereocenters. The molecule has 2 atom stereocenters. The second kappa shape index (κ2) is 11.0. The summed E-state index contributed by atoms with van der Waals surface area (Å²) in [5.41, 5.74) is 2.43. The zero-order valence-electron chi connectivity index (χ0n) is 16.6. The van der Waals surface area contributed by atoms with Crippen molar-refractivity contribution < 1.29 is 9.84 Å². The Bertz CT molecular complexity index is 714. The number of aliphatic hydroxyl groups is 1. The zero-order chi connectivity index (χ0) is 19.6. The van der Waals surface area contributed by atoms with Crippen molar-refractivity contribution in [3.63, 3.8) is 0 Å². The van der Waals surface area contributed by atoms with Crippen molar-refractivity contribution in [1.82, 2.24) is 10.2 Å². The molecule has 1 fully saturated rings. The zero-order valence-corrected chi connectivity index (χ0v) is 16.6. The summed E-state index contributed by atoms with van der Waals surface area (Å²) in [6.45, 7) is 7.70. The van der Waals surface area contributed by atoms with Crippen molar-refractivity contribution in [2.24, 2.45) is 0 Å². The van der Waals surface area contributed by atoms with E-state index in [1.807, 2.05) is 30.3 Å². The summed E-state index contributed by atoms with van der Waals surface area (Å²) < 4.78 is 5.85. The lowest BCUT2D eigenvalue weighted by molar-refractivity contribution is 0.103. The summed E-state index contributed by atoms with van der Waals surface area (Å²) in [5, 5.41) is 13.8. The number of rotatable bonds is 11. The molecular formula is C24H32N2O2. The molecule has 0 amide bonds. The first-order valence-electron chi connectivity index (χ1n) is 10.3. The van der Waals surface area contributed by atoms with E-state index in [0.717, 1.165) is 37.4 Å². The molecule has 4 heteroatoms. The van der Waals surface area contributed by atoms with Crippen molar-refractivity contribution in [1.29, 1.82) is 0 Å². The van der Waals surface area contributed by atoms with Gasteiger partial charge in [0.1, 0.15) is 18.5 Å². The van der Waals surface area contributed by atoms with Gasteiger partial charge in [0.15, 0.2) is 0 Å². The third-order valence-electron chi connectivity index (χ3n) is 5.25. The molecule has 1 heterocycles. The van der Waals surface area contributed by atoms with E-state index in [2.05, 4.69) is 47.1 Å². The number of likely N-dealkylation sites (tertiary alicyclic amines) is 1. The summed E-state index contributed by atoms with van der Waals surface area (Å²) in [4.78, 5) is 2.54. The van der Waals surface area contributed by atoms with Crippen LogP contribution in [0, 0.1) is 0 Å². The number of para-hydroxylation sites is 1. The number of allylic oxidation sites excluding steroid dienone is 1. The molecule has 1 saturated heterocycles. The van der Waals surface area contributed by atoms with Crippen LogP contribution in [0.5, 0.6) is 5.75 Å². The van der Waals surface area contributed by atoms with Gasteiger partial charge in [0.25, 0.3) is 0 Å². The summed E-state index contributed by atoms with van der Waals surface area (Å²) in [5.74, 6) is 0.820. The molecule has 1 aliphatic heterocycles. The van der Waals surface area contributed by atoms with Gasteiger partial charge in [-0.1, -0.05) is 54.6 Å². The first kappa shape index (κ1) is 20.6. The van der Waals surface area contributed by atoms with E-state index >= 15 is 0 Å². The van der Waals surface area contributed by atoms with Gasteiger partial charge in [-0.15, -0.1) is 6.58 Å². The van der Waals surface area contributed by atoms with Crippen LogP contribution >= 0.6 is 0 Å². The van der Waals surface area contributed by atoms with Crippen molar-refractivity contribution in [3.05, 3.63) is 78.4 Å². The molecule has 0 spiro atoms. The SMILES string of the molecule is C=CCc1ccccc1OCC(O)CNCC(c1ccccc1)N1CCCC1. The first-order valence-corrected chi connectivity index (χ1v) is 10.3. The Balaban J connectivity index is 1.48. The van der Waals surface area contributed by atoms with Crippen LogP contribution in [-0.4, -0.2) is 48.9 Å². The van der Waals surface area contributed by atoms with Gasteiger partial charge in [-0.25, -0.2) is 0 Å². The number of nitrogens with one attached hydrogen (secondary N) is 1. The number of hydrogen-bond acceptors (Lipinski definition) is 4. The van der Waals surface area contributed by atoms with Crippen LogP contribution in [0.4, 0.5) is 0 Å². The Morgan fingerprint density at radius 2 is 1.75 bits per heavy atom. The van der Waals surface area contributed by atoms with Crippen molar-refractivity contribution in [2.75, 3.05) is 32.8 Å². The lowest BCUT2D eigenvalue weighted by Crippen LogP contribution is -2.38. The molecule has 0 saturated carbocycles. The van der Waals surface area contributed by atoms with Crippen molar-refractivity contribution in [2.45, 2.75) is 31.4 Å². The number of nitrogens with zero attached hydrogens (tertiary/aromatic N) is 1. The van der Waals surface area contributed by atoms with Gasteiger partial charge < -0.3 is 15.2 Å². The van der Waals surface area contributed by atoms with E-state index in [-0.39, 0.29) is 6.61 Å². The third kappa shape index (κ3) is 5.93. The fourth-order valence-electron chi connectivity index (χ4n) is 3.79. The molecule has 3 rings (SSSR count). The highest BCUT2D eigenvalue weighted by Gasteiger charge is 2.23. The van der Waals surface area contributed by atoms with Crippen LogP contribution in [0.15, 0.2) is 67.3 Å². The standard InChI is InChI=1S/C24H32N2O2/c1-2-10-21-13-6-7-14-24(21)28-19-22(27)17-25-18-23(26-15-8-9-16-26)20-11-4-3-5-12-20/h2-7,11-14,22-23,25,27H,1,8-10,15-19H2. The third-order valence-corrected chi connectivity index (χ3v) is 5.25. The molecule has 2 N–H and O–H groups in total. The lowest BCUT2D eigenvalue weighted by Gasteiger charge is -2.28. The van der Waals surface area contributed by atoms with Crippen LogP contribution in [0.25, 0.3) is 0 Å². The monoisotopic (exact) mass is 380 g/mol. The normalized spacial score (nSPS) is 16.6. The van der Waals surface area contributed by atoms with Crippen LogP contribution in [-0.2, 0) is 6.42 Å². The molecule has 1 aliphatic rings. The highest BCUT2D eigenvalue weighted by atomic mass is 16.5. The largest absolute Gasteiger partial charge is 0.491 e. The van der Waals surface area contributed by atoms with E-state index in [0.29, 0.717) is 12.6 Å². The Kier molecular flexibility index (Phi) is 8.09. The minimum atomic E-state index is -0.549. The van der Waals surface area contributed by atoms with Gasteiger partial charge in [0, 0.05) is 19.1 Å². The van der Waals surface area contributed by atoms with E-state index in [9.17, 15) is 5.11 Å². The van der Waals surface area contributed by atoms with E-state index in [1.165, 1.54) is 18.4 Å². The highest BCUT2D eigenvalue weighted by Crippen LogP contribution is 2.24. The average Bonchev–Trinajstić information content (AvgIpc) is 3.26. The molecule has 0 aliphatic carbocycles. The molecule has 0 radical (unpaired) electrons. The van der Waals surface area contributed by atoms with E-state index in [4.69, 9.17) is 4.74 Å². The summed E-state index contributed by atoms with van der Waals surface area (Å²) >= 11 is 0. The number of ether oxygens (including phenoxy) is 1. The molecule has 0 aromatic heterocycles. The Morgan fingerprint density at radius 1 is 1.04 bits per heavy atom. The Hall–Kier alpha value is -2.14. The number of benzene rings is 2. The maximum absolute atomic E-state index is 10.4. The second-order valence-electron chi connectivity index (χ2n) is 7.39. The molecular weight excluding hydrogens is 348 g/mol. The molecule has 2 aromatic carbocycles. The van der Waals surface area contributed by atoms with E-state index < -0.39 is 6.10 Å². The van der Waals surface area contributed by atoms with Gasteiger partial charge >= 0.3 is 0 Å². The predicted molar refractivity (Wildman–Crippen MR) is 115 cm³/mol. The van der Waals surface area contributed by atoms with E-state index in [1.54, 1.807) is 0 Å². The fraction of sp³-hybridized carbons (Fsp3) is 0.417. The quantitative estimate of drug-likeness (QED) is 0.585. The minimum absolute atomic E-state index is 0.279. The van der Waals surface area contributed by atoms with Crippen LogP contribution < -0.4 is 10.1 Å². The van der Waals surface area contributed by atoms with Gasteiger partial charge in [0.05, 0.1) is 0 Å². The summed E-state index contributed by atoms with van der Waals surface area (Å²) in [6, 6.07) is 18.9. The minimum Gasteiger partial charge on any atom is -0.491 e. The summed E-state index contributed by atoms with van der Waals surface area (Å²) in [7, 11) is 0. The smallest absolute Gasteiger partial charge is 0.122 e. The van der Waals surface area contributed by atoms with Gasteiger partial charge in [-0.3, -0.25) is 4.90 Å². The Morgan fingerprint density at radius 3 is 2.50 bits per heavy atom. The lowest BCUT2D eigenvalue weighted by atomic mass is 10.1. The second-order valence-corrected chi connectivity index (χ2v) is 7.39.